The van der Waals surface area contributed by atoms with Crippen molar-refractivity contribution in [2.75, 3.05) is 11.6 Å². The number of thioether (sulfide) groups is 1. The quantitative estimate of drug-likeness (QED) is 0.345. The zero-order valence-corrected chi connectivity index (χ0v) is 15.7. The molecule has 0 radical (unpaired) electrons. The highest BCUT2D eigenvalue weighted by atomic mass is 35.5. The predicted molar refractivity (Wildman–Crippen MR) is 105 cm³/mol. The minimum absolute atomic E-state index is 0.0271. The Hall–Kier alpha value is -2.16. The van der Waals surface area contributed by atoms with Crippen molar-refractivity contribution in [2.45, 2.75) is 11.8 Å². The number of nitro groups is 1. The molecule has 0 aliphatic carbocycles. The van der Waals surface area contributed by atoms with Crippen molar-refractivity contribution in [1.29, 1.82) is 0 Å². The van der Waals surface area contributed by atoms with Crippen LogP contribution in [-0.2, 0) is 0 Å². The lowest BCUT2D eigenvalue weighted by molar-refractivity contribution is -0.384. The standard InChI is InChI=1S/C16H14ClN3O3S2/c1-9-3-4-10(20(22)23)7-14(9)18-16(24)19-15(21)12-8-11(25-2)5-6-13(12)17/h3-8H,1-2H3,(H2,18,19,21,24). The van der Waals surface area contributed by atoms with Crippen LogP contribution in [0.5, 0.6) is 0 Å². The summed E-state index contributed by atoms with van der Waals surface area (Å²) in [6.45, 7) is 1.77. The monoisotopic (exact) mass is 395 g/mol. The number of thiocarbonyl (C=S) groups is 1. The van der Waals surface area contributed by atoms with Crippen molar-refractivity contribution in [2.24, 2.45) is 0 Å². The largest absolute Gasteiger partial charge is 0.332 e. The highest BCUT2D eigenvalue weighted by Crippen LogP contribution is 2.24. The summed E-state index contributed by atoms with van der Waals surface area (Å²) in [5.74, 6) is -0.457. The third-order valence-electron chi connectivity index (χ3n) is 3.33. The van der Waals surface area contributed by atoms with Crippen LogP contribution in [0, 0.1) is 17.0 Å². The SMILES string of the molecule is CSc1ccc(Cl)c(C(=O)NC(=S)Nc2cc([N+](=O)[O-])ccc2C)c1. The maximum Gasteiger partial charge on any atom is 0.271 e. The summed E-state index contributed by atoms with van der Waals surface area (Å²) in [5, 5.41) is 16.5. The van der Waals surface area contributed by atoms with Crippen molar-refractivity contribution in [3.63, 3.8) is 0 Å². The van der Waals surface area contributed by atoms with E-state index in [0.717, 1.165) is 10.5 Å². The minimum Gasteiger partial charge on any atom is -0.332 e. The van der Waals surface area contributed by atoms with E-state index in [1.165, 1.54) is 23.9 Å². The molecule has 2 aromatic rings. The van der Waals surface area contributed by atoms with E-state index in [0.29, 0.717) is 16.3 Å². The number of anilines is 1. The van der Waals surface area contributed by atoms with Gasteiger partial charge in [0.15, 0.2) is 5.11 Å². The lowest BCUT2D eigenvalue weighted by Crippen LogP contribution is -2.34. The van der Waals surface area contributed by atoms with Crippen LogP contribution in [0.15, 0.2) is 41.3 Å². The fourth-order valence-corrected chi connectivity index (χ4v) is 2.83. The summed E-state index contributed by atoms with van der Waals surface area (Å²) in [5.41, 5.74) is 1.43. The number of amides is 1. The Morgan fingerprint density at radius 2 is 2.00 bits per heavy atom. The van der Waals surface area contributed by atoms with Gasteiger partial charge in [-0.2, -0.15) is 0 Å². The number of non-ortho nitro benzene ring substituents is 1. The van der Waals surface area contributed by atoms with Gasteiger partial charge in [0.05, 0.1) is 15.5 Å². The van der Waals surface area contributed by atoms with Gasteiger partial charge in [-0.25, -0.2) is 0 Å². The molecule has 0 saturated carbocycles. The molecule has 0 fully saturated rings. The molecule has 1 amide bonds. The summed E-state index contributed by atoms with van der Waals surface area (Å²) in [6, 6.07) is 9.48. The van der Waals surface area contributed by atoms with Crippen molar-refractivity contribution in [3.05, 3.63) is 62.7 Å². The lowest BCUT2D eigenvalue weighted by Gasteiger charge is -2.12. The fraction of sp³-hybridized carbons (Fsp3) is 0.125. The van der Waals surface area contributed by atoms with Gasteiger partial charge in [-0.05, 0) is 49.2 Å². The Balaban J connectivity index is 2.14. The van der Waals surface area contributed by atoms with Crippen LogP contribution in [0.2, 0.25) is 5.02 Å². The second kappa shape index (κ2) is 8.28. The van der Waals surface area contributed by atoms with E-state index in [-0.39, 0.29) is 10.8 Å². The number of carbonyl (C=O) groups is 1. The van der Waals surface area contributed by atoms with Gasteiger partial charge in [0.1, 0.15) is 0 Å². The average molecular weight is 396 g/mol. The van der Waals surface area contributed by atoms with E-state index in [1.807, 2.05) is 12.3 Å². The van der Waals surface area contributed by atoms with Crippen LogP contribution in [-0.4, -0.2) is 22.2 Å². The first-order valence-electron chi connectivity index (χ1n) is 7.02. The van der Waals surface area contributed by atoms with Crippen LogP contribution in [0.25, 0.3) is 0 Å². The number of nitro benzene ring substituents is 1. The Kier molecular flexibility index (Phi) is 6.35. The first kappa shape index (κ1) is 19.2. The molecule has 6 nitrogen and oxygen atoms in total. The molecular weight excluding hydrogens is 382 g/mol. The number of nitrogens with zero attached hydrogens (tertiary/aromatic N) is 1. The Morgan fingerprint density at radius 1 is 1.28 bits per heavy atom. The lowest BCUT2D eigenvalue weighted by atomic mass is 10.2. The zero-order chi connectivity index (χ0) is 18.6. The number of hydrogen-bond donors (Lipinski definition) is 2. The predicted octanol–water partition coefficient (Wildman–Crippen LogP) is 4.41. The van der Waals surface area contributed by atoms with Crippen molar-refractivity contribution < 1.29 is 9.72 Å². The highest BCUT2D eigenvalue weighted by Gasteiger charge is 2.14. The molecule has 2 aromatic carbocycles. The van der Waals surface area contributed by atoms with Crippen LogP contribution >= 0.6 is 35.6 Å². The summed E-state index contributed by atoms with van der Waals surface area (Å²) >= 11 is 12.7. The minimum atomic E-state index is -0.500. The molecule has 130 valence electrons. The molecule has 0 atom stereocenters. The van der Waals surface area contributed by atoms with Crippen molar-refractivity contribution >= 4 is 58.0 Å². The van der Waals surface area contributed by atoms with E-state index < -0.39 is 10.8 Å². The molecule has 0 aromatic heterocycles. The number of aryl methyl sites for hydroxylation is 1. The molecule has 0 unspecified atom stereocenters. The van der Waals surface area contributed by atoms with Gasteiger partial charge in [-0.1, -0.05) is 17.7 Å². The van der Waals surface area contributed by atoms with E-state index >= 15 is 0 Å². The second-order valence-corrected chi connectivity index (χ2v) is 6.71. The molecule has 2 N–H and O–H groups in total. The average Bonchev–Trinajstić information content (AvgIpc) is 2.56. The van der Waals surface area contributed by atoms with Crippen LogP contribution in [0.4, 0.5) is 11.4 Å². The summed E-state index contributed by atoms with van der Waals surface area (Å²) < 4.78 is 0. The molecule has 0 aliphatic rings. The zero-order valence-electron chi connectivity index (χ0n) is 13.3. The summed E-state index contributed by atoms with van der Waals surface area (Å²) in [7, 11) is 0. The number of halogens is 1. The van der Waals surface area contributed by atoms with Gasteiger partial charge in [-0.3, -0.25) is 20.2 Å². The molecule has 0 heterocycles. The van der Waals surface area contributed by atoms with E-state index in [9.17, 15) is 14.9 Å². The summed E-state index contributed by atoms with van der Waals surface area (Å²) in [6.07, 6.45) is 1.89. The molecule has 25 heavy (non-hydrogen) atoms. The number of benzene rings is 2. The maximum absolute atomic E-state index is 12.4. The number of rotatable bonds is 4. The van der Waals surface area contributed by atoms with Gasteiger partial charge in [0, 0.05) is 22.7 Å². The Bertz CT molecular complexity index is 859. The van der Waals surface area contributed by atoms with Gasteiger partial charge in [-0.15, -0.1) is 11.8 Å². The van der Waals surface area contributed by atoms with Crippen molar-refractivity contribution in [1.82, 2.24) is 5.32 Å². The van der Waals surface area contributed by atoms with Gasteiger partial charge < -0.3 is 5.32 Å². The van der Waals surface area contributed by atoms with Crippen LogP contribution in [0.1, 0.15) is 15.9 Å². The first-order chi connectivity index (χ1) is 11.8. The van der Waals surface area contributed by atoms with E-state index in [4.69, 9.17) is 23.8 Å². The molecule has 9 heteroatoms. The number of hydrogen-bond acceptors (Lipinski definition) is 5. The second-order valence-electron chi connectivity index (χ2n) is 5.01. The summed E-state index contributed by atoms with van der Waals surface area (Å²) in [4.78, 5) is 23.6. The maximum atomic E-state index is 12.4. The van der Waals surface area contributed by atoms with E-state index in [2.05, 4.69) is 10.6 Å². The normalized spacial score (nSPS) is 10.2. The highest BCUT2D eigenvalue weighted by molar-refractivity contribution is 7.98. The first-order valence-corrected chi connectivity index (χ1v) is 9.04. The fourth-order valence-electron chi connectivity index (χ4n) is 1.99. The molecule has 0 bridgehead atoms. The third kappa shape index (κ3) is 4.91. The van der Waals surface area contributed by atoms with Crippen molar-refractivity contribution in [3.8, 4) is 0 Å². The van der Waals surface area contributed by atoms with Crippen LogP contribution < -0.4 is 10.6 Å². The Morgan fingerprint density at radius 3 is 2.64 bits per heavy atom. The number of carbonyl (C=O) groups excluding carboxylic acids is 1. The smallest absolute Gasteiger partial charge is 0.271 e. The molecule has 2 rings (SSSR count). The molecular formula is C16H14ClN3O3S2. The number of nitrogens with one attached hydrogen (secondary N) is 2. The van der Waals surface area contributed by atoms with Crippen LogP contribution in [0.3, 0.4) is 0 Å². The Labute approximate surface area is 159 Å². The third-order valence-corrected chi connectivity index (χ3v) is 4.58. The molecule has 0 saturated heterocycles. The molecule has 0 aliphatic heterocycles. The van der Waals surface area contributed by atoms with E-state index in [1.54, 1.807) is 25.1 Å². The molecule has 0 spiro atoms. The topological polar surface area (TPSA) is 84.3 Å². The van der Waals surface area contributed by atoms with Gasteiger partial charge in [0.2, 0.25) is 0 Å². The van der Waals surface area contributed by atoms with Gasteiger partial charge in [0.25, 0.3) is 11.6 Å². The van der Waals surface area contributed by atoms with Gasteiger partial charge >= 0.3 is 0 Å².